The van der Waals surface area contributed by atoms with Crippen molar-refractivity contribution >= 4 is 5.91 Å². The number of rotatable bonds is 4. The summed E-state index contributed by atoms with van der Waals surface area (Å²) in [6.45, 7) is 4.20. The molecule has 1 aliphatic carbocycles. The highest BCUT2D eigenvalue weighted by Crippen LogP contribution is 2.40. The number of aromatic nitrogens is 2. The van der Waals surface area contributed by atoms with Crippen molar-refractivity contribution < 1.29 is 4.79 Å². The summed E-state index contributed by atoms with van der Waals surface area (Å²) >= 11 is 0. The molecule has 1 aliphatic rings. The smallest absolute Gasteiger partial charge is 0.272 e. The van der Waals surface area contributed by atoms with E-state index in [2.05, 4.69) is 36.4 Å². The molecule has 1 amide bonds. The van der Waals surface area contributed by atoms with Gasteiger partial charge in [0, 0.05) is 24.7 Å². The van der Waals surface area contributed by atoms with Gasteiger partial charge in [0.15, 0.2) is 0 Å². The van der Waals surface area contributed by atoms with Crippen LogP contribution in [0.15, 0.2) is 36.4 Å². The zero-order valence-corrected chi connectivity index (χ0v) is 12.7. The molecule has 1 saturated carbocycles. The van der Waals surface area contributed by atoms with E-state index < -0.39 is 0 Å². The lowest BCUT2D eigenvalue weighted by Crippen LogP contribution is -2.27. The number of amides is 1. The van der Waals surface area contributed by atoms with Crippen LogP contribution in [0.2, 0.25) is 0 Å². The minimum absolute atomic E-state index is 0.0686. The van der Waals surface area contributed by atoms with Gasteiger partial charge < -0.3 is 5.32 Å². The average Bonchev–Trinajstić information content (AvgIpc) is 3.11. The Labute approximate surface area is 125 Å². The van der Waals surface area contributed by atoms with Crippen molar-refractivity contribution in [1.29, 1.82) is 0 Å². The summed E-state index contributed by atoms with van der Waals surface area (Å²) in [5, 5.41) is 7.40. The quantitative estimate of drug-likeness (QED) is 0.938. The molecule has 2 unspecified atom stereocenters. The monoisotopic (exact) mass is 283 g/mol. The molecule has 1 N–H and O–H groups in total. The van der Waals surface area contributed by atoms with Gasteiger partial charge in [0.1, 0.15) is 5.69 Å². The van der Waals surface area contributed by atoms with Crippen molar-refractivity contribution in [1.82, 2.24) is 15.1 Å². The van der Waals surface area contributed by atoms with Gasteiger partial charge in [-0.1, -0.05) is 44.2 Å². The molecule has 2 aromatic rings. The Morgan fingerprint density at radius 2 is 2.05 bits per heavy atom. The van der Waals surface area contributed by atoms with Gasteiger partial charge in [0.2, 0.25) is 0 Å². The van der Waals surface area contributed by atoms with Crippen LogP contribution in [0.1, 0.15) is 53.8 Å². The molecule has 0 saturated heterocycles. The fourth-order valence-corrected chi connectivity index (χ4v) is 2.80. The van der Waals surface area contributed by atoms with Crippen LogP contribution in [0.4, 0.5) is 0 Å². The van der Waals surface area contributed by atoms with E-state index in [0.717, 1.165) is 12.1 Å². The lowest BCUT2D eigenvalue weighted by Gasteiger charge is -2.02. The lowest BCUT2D eigenvalue weighted by atomic mass is 10.1. The largest absolute Gasteiger partial charge is 0.347 e. The van der Waals surface area contributed by atoms with Gasteiger partial charge in [0.05, 0.1) is 0 Å². The predicted octanol–water partition coefficient (Wildman–Crippen LogP) is 2.83. The standard InChI is InChI=1S/C17H21N3O/c1-11(2)16-10-15(19-20(16)3)17(21)18-14-9-13(14)12-7-5-4-6-8-12/h4-8,10-11,13-14H,9H2,1-3H3,(H,18,21). The SMILES string of the molecule is CC(C)c1cc(C(=O)NC2CC2c2ccccc2)nn1C. The number of nitrogens with zero attached hydrogens (tertiary/aromatic N) is 2. The van der Waals surface area contributed by atoms with Crippen molar-refractivity contribution in [3.8, 4) is 0 Å². The Morgan fingerprint density at radius 3 is 2.67 bits per heavy atom. The molecule has 0 radical (unpaired) electrons. The summed E-state index contributed by atoms with van der Waals surface area (Å²) in [5.74, 6) is 0.742. The Morgan fingerprint density at radius 1 is 1.33 bits per heavy atom. The van der Waals surface area contributed by atoms with Crippen molar-refractivity contribution in [3.63, 3.8) is 0 Å². The molecule has 2 atom stereocenters. The Hall–Kier alpha value is -2.10. The second-order valence-electron chi connectivity index (χ2n) is 6.07. The van der Waals surface area contributed by atoms with Gasteiger partial charge in [0.25, 0.3) is 5.91 Å². The molecule has 0 bridgehead atoms. The van der Waals surface area contributed by atoms with E-state index in [1.54, 1.807) is 4.68 Å². The van der Waals surface area contributed by atoms with Gasteiger partial charge in [-0.3, -0.25) is 9.48 Å². The summed E-state index contributed by atoms with van der Waals surface area (Å²) in [7, 11) is 1.88. The molecule has 1 aromatic heterocycles. The van der Waals surface area contributed by atoms with Crippen molar-refractivity contribution in [2.75, 3.05) is 0 Å². The van der Waals surface area contributed by atoms with Gasteiger partial charge >= 0.3 is 0 Å². The fourth-order valence-electron chi connectivity index (χ4n) is 2.80. The summed E-state index contributed by atoms with van der Waals surface area (Å²) in [6.07, 6.45) is 1.01. The number of carbonyl (C=O) groups excluding carboxylic acids is 1. The molecule has 0 aliphatic heterocycles. The van der Waals surface area contributed by atoms with Gasteiger partial charge in [-0.05, 0) is 24.0 Å². The molecule has 1 aromatic carbocycles. The molecule has 4 nitrogen and oxygen atoms in total. The van der Waals surface area contributed by atoms with Crippen LogP contribution in [-0.4, -0.2) is 21.7 Å². The molecular formula is C17H21N3O. The maximum absolute atomic E-state index is 12.3. The number of aryl methyl sites for hydroxylation is 1. The van der Waals surface area contributed by atoms with Gasteiger partial charge in [-0.2, -0.15) is 5.10 Å². The first-order chi connectivity index (χ1) is 10.1. The van der Waals surface area contributed by atoms with E-state index >= 15 is 0 Å². The highest BCUT2D eigenvalue weighted by molar-refractivity contribution is 5.93. The molecule has 0 spiro atoms. The van der Waals surface area contributed by atoms with Gasteiger partial charge in [-0.25, -0.2) is 0 Å². The Balaban J connectivity index is 1.64. The normalized spacial score (nSPS) is 20.6. The van der Waals surface area contributed by atoms with E-state index in [0.29, 0.717) is 17.5 Å². The van der Waals surface area contributed by atoms with E-state index in [1.807, 2.05) is 31.3 Å². The van der Waals surface area contributed by atoms with Crippen molar-refractivity contribution in [2.45, 2.75) is 38.1 Å². The highest BCUT2D eigenvalue weighted by atomic mass is 16.2. The van der Waals surface area contributed by atoms with Crippen LogP contribution in [0.5, 0.6) is 0 Å². The van der Waals surface area contributed by atoms with E-state index in [9.17, 15) is 4.79 Å². The first kappa shape index (κ1) is 13.9. The molecule has 21 heavy (non-hydrogen) atoms. The molecule has 1 heterocycles. The number of carbonyl (C=O) groups is 1. The second-order valence-corrected chi connectivity index (χ2v) is 6.07. The maximum atomic E-state index is 12.3. The molecule has 1 fully saturated rings. The number of nitrogens with one attached hydrogen (secondary N) is 1. The van der Waals surface area contributed by atoms with E-state index in [1.165, 1.54) is 5.56 Å². The molecular weight excluding hydrogens is 262 g/mol. The van der Waals surface area contributed by atoms with E-state index in [-0.39, 0.29) is 11.9 Å². The third kappa shape index (κ3) is 2.84. The van der Waals surface area contributed by atoms with Crippen LogP contribution in [0, 0.1) is 0 Å². The zero-order chi connectivity index (χ0) is 15.0. The summed E-state index contributed by atoms with van der Waals surface area (Å²) < 4.78 is 1.79. The number of hydrogen-bond acceptors (Lipinski definition) is 2. The van der Waals surface area contributed by atoms with Gasteiger partial charge in [-0.15, -0.1) is 0 Å². The molecule has 110 valence electrons. The second kappa shape index (κ2) is 5.35. The Kier molecular flexibility index (Phi) is 3.53. The molecule has 3 rings (SSSR count). The molecule has 4 heteroatoms. The minimum atomic E-state index is -0.0686. The summed E-state index contributed by atoms with van der Waals surface area (Å²) in [6, 6.07) is 12.5. The zero-order valence-electron chi connectivity index (χ0n) is 12.7. The first-order valence-corrected chi connectivity index (χ1v) is 7.46. The lowest BCUT2D eigenvalue weighted by molar-refractivity contribution is 0.0944. The van der Waals surface area contributed by atoms with Crippen molar-refractivity contribution in [3.05, 3.63) is 53.3 Å². The first-order valence-electron chi connectivity index (χ1n) is 7.46. The highest BCUT2D eigenvalue weighted by Gasteiger charge is 2.39. The van der Waals surface area contributed by atoms with Crippen LogP contribution in [0.3, 0.4) is 0 Å². The maximum Gasteiger partial charge on any atom is 0.272 e. The van der Waals surface area contributed by atoms with Crippen LogP contribution in [0.25, 0.3) is 0 Å². The fraction of sp³-hybridized carbons (Fsp3) is 0.412. The Bertz CT molecular complexity index is 645. The van der Waals surface area contributed by atoms with Crippen molar-refractivity contribution in [2.24, 2.45) is 7.05 Å². The number of hydrogen-bond donors (Lipinski definition) is 1. The summed E-state index contributed by atoms with van der Waals surface area (Å²) in [4.78, 5) is 12.3. The number of benzene rings is 1. The topological polar surface area (TPSA) is 46.9 Å². The van der Waals surface area contributed by atoms with Crippen LogP contribution in [-0.2, 0) is 7.05 Å². The van der Waals surface area contributed by atoms with Crippen LogP contribution >= 0.6 is 0 Å². The third-order valence-corrected chi connectivity index (χ3v) is 4.07. The average molecular weight is 283 g/mol. The summed E-state index contributed by atoms with van der Waals surface area (Å²) in [5.41, 5.74) is 2.89. The van der Waals surface area contributed by atoms with E-state index in [4.69, 9.17) is 0 Å². The predicted molar refractivity (Wildman–Crippen MR) is 82.4 cm³/mol. The minimum Gasteiger partial charge on any atom is -0.347 e. The third-order valence-electron chi connectivity index (χ3n) is 4.07. The van der Waals surface area contributed by atoms with Crippen LogP contribution < -0.4 is 5.32 Å².